The monoisotopic (exact) mass is 485 g/mol. The molecule has 1 aliphatic rings. The summed E-state index contributed by atoms with van der Waals surface area (Å²) in [4.78, 5) is 30.4. The number of carbonyl (C=O) groups is 2. The number of hydrogen-bond acceptors (Lipinski definition) is 5. The summed E-state index contributed by atoms with van der Waals surface area (Å²) in [5.41, 5.74) is 2.14. The van der Waals surface area contributed by atoms with Crippen molar-refractivity contribution in [1.29, 1.82) is 0 Å². The van der Waals surface area contributed by atoms with Gasteiger partial charge in [0.2, 0.25) is 5.91 Å². The number of rotatable bonds is 5. The largest absolute Gasteiger partial charge is 0.481 e. The molecule has 0 spiro atoms. The third kappa shape index (κ3) is 4.98. The Labute approximate surface area is 201 Å². The maximum absolute atomic E-state index is 13.5. The van der Waals surface area contributed by atoms with E-state index in [1.165, 1.54) is 19.1 Å². The Bertz CT molecular complexity index is 1240. The van der Waals surface area contributed by atoms with E-state index in [1.54, 1.807) is 36.2 Å². The number of hydrogen-bond donors (Lipinski definition) is 1. The first-order valence-corrected chi connectivity index (χ1v) is 11.4. The second kappa shape index (κ2) is 9.95. The van der Waals surface area contributed by atoms with Gasteiger partial charge in [0.1, 0.15) is 11.6 Å². The van der Waals surface area contributed by atoms with Crippen LogP contribution in [0, 0.1) is 5.82 Å². The number of piperidine rings is 1. The third-order valence-electron chi connectivity index (χ3n) is 5.97. The smallest absolute Gasteiger partial charge is 0.263 e. The number of aromatic nitrogens is 1. The van der Waals surface area contributed by atoms with Crippen LogP contribution in [0.3, 0.4) is 0 Å². The maximum Gasteiger partial charge on any atom is 0.263 e. The molecule has 0 aliphatic carbocycles. The van der Waals surface area contributed by atoms with E-state index < -0.39 is 23.9 Å². The average molecular weight is 486 g/mol. The van der Waals surface area contributed by atoms with Crippen LogP contribution in [0.5, 0.6) is 5.75 Å². The zero-order valence-electron chi connectivity index (χ0n) is 18.9. The molecule has 0 radical (unpaired) electrons. The summed E-state index contributed by atoms with van der Waals surface area (Å²) in [5.74, 6) is -0.603. The van der Waals surface area contributed by atoms with Crippen molar-refractivity contribution in [1.82, 2.24) is 14.9 Å². The molecule has 1 aromatic heterocycles. The van der Waals surface area contributed by atoms with Gasteiger partial charge in [-0.15, -0.1) is 0 Å². The van der Waals surface area contributed by atoms with Crippen molar-refractivity contribution in [3.05, 3.63) is 59.5 Å². The summed E-state index contributed by atoms with van der Waals surface area (Å²) < 4.78 is 19.4. The van der Waals surface area contributed by atoms with Crippen LogP contribution in [0.25, 0.3) is 22.0 Å². The highest BCUT2D eigenvalue weighted by molar-refractivity contribution is 6.33. The molecule has 1 saturated heterocycles. The summed E-state index contributed by atoms with van der Waals surface area (Å²) >= 11 is 6.26. The van der Waals surface area contributed by atoms with Gasteiger partial charge in [0.05, 0.1) is 16.6 Å². The molecule has 3 aromatic rings. The second-order valence-corrected chi connectivity index (χ2v) is 8.77. The fourth-order valence-electron chi connectivity index (χ4n) is 4.27. The van der Waals surface area contributed by atoms with Crippen LogP contribution in [0.15, 0.2) is 48.7 Å². The molecule has 2 heterocycles. The summed E-state index contributed by atoms with van der Waals surface area (Å²) in [5, 5.41) is 11.8. The van der Waals surface area contributed by atoms with E-state index in [2.05, 4.69) is 4.98 Å². The standard InChI is InChI=1S/C25H25ClFN3O4/c1-15(25(32)29-11-3-4-18(14-29)30(33)16(2)31)34-19-6-8-22-20(9-10-28-24(22)13-19)21-7-5-17(27)12-23(21)26/h5-10,12-13,15,18,33H,3-4,11,14H2,1-2H3. The van der Waals surface area contributed by atoms with Gasteiger partial charge in [0.25, 0.3) is 5.91 Å². The average Bonchev–Trinajstić information content (AvgIpc) is 2.82. The number of hydroxylamine groups is 2. The van der Waals surface area contributed by atoms with Crippen LogP contribution in [-0.4, -0.2) is 57.2 Å². The van der Waals surface area contributed by atoms with Gasteiger partial charge in [0, 0.05) is 43.2 Å². The first-order valence-electron chi connectivity index (χ1n) is 11.0. The first-order chi connectivity index (χ1) is 16.2. The van der Waals surface area contributed by atoms with Gasteiger partial charge in [-0.1, -0.05) is 11.6 Å². The number of likely N-dealkylation sites (tertiary alicyclic amines) is 1. The molecule has 4 rings (SSSR count). The van der Waals surface area contributed by atoms with Crippen LogP contribution in [-0.2, 0) is 9.59 Å². The zero-order valence-corrected chi connectivity index (χ0v) is 19.6. The lowest BCUT2D eigenvalue weighted by atomic mass is 10.0. The summed E-state index contributed by atoms with van der Waals surface area (Å²) in [7, 11) is 0. The Morgan fingerprint density at radius 1 is 1.24 bits per heavy atom. The molecule has 2 aromatic carbocycles. The molecule has 0 saturated carbocycles. The van der Waals surface area contributed by atoms with Gasteiger partial charge in [0.15, 0.2) is 6.10 Å². The predicted octanol–water partition coefficient (Wildman–Crippen LogP) is 4.69. The molecule has 1 fully saturated rings. The van der Waals surface area contributed by atoms with Crippen molar-refractivity contribution in [2.24, 2.45) is 0 Å². The van der Waals surface area contributed by atoms with Gasteiger partial charge in [-0.25, -0.2) is 9.45 Å². The van der Waals surface area contributed by atoms with Gasteiger partial charge in [-0.05, 0) is 61.7 Å². The Balaban J connectivity index is 1.51. The van der Waals surface area contributed by atoms with Crippen LogP contribution >= 0.6 is 11.6 Å². The van der Waals surface area contributed by atoms with Gasteiger partial charge in [-0.3, -0.25) is 19.8 Å². The summed E-state index contributed by atoms with van der Waals surface area (Å²) in [6, 6.07) is 11.0. The van der Waals surface area contributed by atoms with E-state index in [9.17, 15) is 19.2 Å². The highest BCUT2D eigenvalue weighted by Crippen LogP contribution is 2.34. The van der Waals surface area contributed by atoms with Gasteiger partial charge in [-0.2, -0.15) is 0 Å². The highest BCUT2D eigenvalue weighted by Gasteiger charge is 2.31. The number of amides is 2. The van der Waals surface area contributed by atoms with Crippen molar-refractivity contribution in [2.45, 2.75) is 38.8 Å². The normalized spacial score (nSPS) is 16.9. The fraction of sp³-hybridized carbons (Fsp3) is 0.320. The minimum atomic E-state index is -0.768. The Morgan fingerprint density at radius 3 is 2.76 bits per heavy atom. The molecular weight excluding hydrogens is 461 g/mol. The van der Waals surface area contributed by atoms with Crippen molar-refractivity contribution >= 4 is 34.3 Å². The second-order valence-electron chi connectivity index (χ2n) is 8.37. The Morgan fingerprint density at radius 2 is 2.03 bits per heavy atom. The topological polar surface area (TPSA) is 83.0 Å². The molecule has 7 nitrogen and oxygen atoms in total. The molecule has 2 amide bonds. The van der Waals surface area contributed by atoms with Crippen molar-refractivity contribution < 1.29 is 23.9 Å². The molecule has 178 valence electrons. The van der Waals surface area contributed by atoms with Gasteiger partial charge < -0.3 is 9.64 Å². The number of halogens is 2. The number of benzene rings is 2. The minimum Gasteiger partial charge on any atom is -0.481 e. The van der Waals surface area contributed by atoms with E-state index in [0.717, 1.165) is 10.9 Å². The first kappa shape index (κ1) is 23.9. The molecule has 1 aliphatic heterocycles. The van der Waals surface area contributed by atoms with Crippen molar-refractivity contribution in [3.63, 3.8) is 0 Å². The molecular formula is C25H25ClFN3O4. The number of fused-ring (bicyclic) bond motifs is 1. The van der Waals surface area contributed by atoms with Crippen LogP contribution in [0.2, 0.25) is 5.02 Å². The van der Waals surface area contributed by atoms with Crippen LogP contribution in [0.1, 0.15) is 26.7 Å². The van der Waals surface area contributed by atoms with E-state index in [4.69, 9.17) is 16.3 Å². The number of nitrogens with zero attached hydrogens (tertiary/aromatic N) is 3. The van der Waals surface area contributed by atoms with Crippen molar-refractivity contribution in [3.8, 4) is 16.9 Å². The zero-order chi connectivity index (χ0) is 24.4. The maximum atomic E-state index is 13.5. The molecule has 9 heteroatoms. The van der Waals surface area contributed by atoms with E-state index >= 15 is 0 Å². The van der Waals surface area contributed by atoms with Crippen molar-refractivity contribution in [2.75, 3.05) is 13.1 Å². The number of pyridine rings is 1. The quantitative estimate of drug-likeness (QED) is 0.418. The van der Waals surface area contributed by atoms with E-state index in [-0.39, 0.29) is 12.5 Å². The lowest BCUT2D eigenvalue weighted by molar-refractivity contribution is -0.179. The molecule has 2 atom stereocenters. The van der Waals surface area contributed by atoms with E-state index in [0.29, 0.717) is 46.3 Å². The molecule has 0 bridgehead atoms. The molecule has 2 unspecified atom stereocenters. The predicted molar refractivity (Wildman–Crippen MR) is 126 cm³/mol. The van der Waals surface area contributed by atoms with Gasteiger partial charge >= 0.3 is 0 Å². The number of ether oxygens (including phenoxy) is 1. The Kier molecular flexibility index (Phi) is 7.00. The lowest BCUT2D eigenvalue weighted by Gasteiger charge is -2.36. The number of carbonyl (C=O) groups excluding carboxylic acids is 2. The van der Waals surface area contributed by atoms with Crippen LogP contribution < -0.4 is 4.74 Å². The summed E-state index contributed by atoms with van der Waals surface area (Å²) in [6.07, 6.45) is 2.18. The fourth-order valence-corrected chi connectivity index (χ4v) is 4.54. The third-order valence-corrected chi connectivity index (χ3v) is 6.29. The molecule has 1 N–H and O–H groups in total. The SMILES string of the molecule is CC(=O)N(O)C1CCCN(C(=O)C(C)Oc2ccc3c(-c4ccc(F)cc4Cl)ccnc3c2)C1. The summed E-state index contributed by atoms with van der Waals surface area (Å²) in [6.45, 7) is 3.75. The van der Waals surface area contributed by atoms with Crippen LogP contribution in [0.4, 0.5) is 4.39 Å². The molecule has 34 heavy (non-hydrogen) atoms. The van der Waals surface area contributed by atoms with E-state index in [1.807, 2.05) is 12.1 Å². The highest BCUT2D eigenvalue weighted by atomic mass is 35.5. The Hall–Kier alpha value is -3.23. The lowest BCUT2D eigenvalue weighted by Crippen LogP contribution is -2.52. The minimum absolute atomic E-state index is 0.221.